The second-order valence-electron chi connectivity index (χ2n) is 4.62. The molecule has 0 fully saturated rings. The number of nitro benzene ring substituents is 1. The molecule has 1 aromatic heterocycles. The molecule has 24 heavy (non-hydrogen) atoms. The number of benzene rings is 1. The van der Waals surface area contributed by atoms with E-state index in [1.165, 1.54) is 24.5 Å². The van der Waals surface area contributed by atoms with Crippen LogP contribution >= 0.6 is 0 Å². The molecule has 0 saturated carbocycles. The van der Waals surface area contributed by atoms with E-state index in [1.54, 1.807) is 12.1 Å². The van der Waals surface area contributed by atoms with Crippen LogP contribution in [0.25, 0.3) is 0 Å². The molecule has 1 amide bonds. The minimum Gasteiger partial charge on any atom is -0.351 e. The van der Waals surface area contributed by atoms with Crippen molar-refractivity contribution in [3.05, 3.63) is 64.5 Å². The first kappa shape index (κ1) is 17.5. The molecule has 1 aromatic carbocycles. The number of amides is 1. The fourth-order valence-electron chi connectivity index (χ4n) is 1.87. The molecule has 0 unspecified atom stereocenters. The van der Waals surface area contributed by atoms with Crippen LogP contribution in [0.5, 0.6) is 0 Å². The fraction of sp³-hybridized carbons (Fsp3) is 0.143. The lowest BCUT2D eigenvalue weighted by molar-refractivity contribution is -0.387. The standard InChI is InChI=1S/C14H14N4O5S/c19-14(11-4-3-7-15-10-11)16-8-9-17-24(22,23)13-6-2-1-5-12(13)18(20)21/h1-7,10,17H,8-9H2,(H,16,19). The molecule has 1 heterocycles. The van der Waals surface area contributed by atoms with Crippen molar-refractivity contribution in [2.45, 2.75) is 4.90 Å². The summed E-state index contributed by atoms with van der Waals surface area (Å²) in [4.78, 5) is 25.3. The van der Waals surface area contributed by atoms with Gasteiger partial charge in [0.1, 0.15) is 0 Å². The van der Waals surface area contributed by atoms with Gasteiger partial charge in [0.25, 0.3) is 11.6 Å². The zero-order chi connectivity index (χ0) is 17.6. The maximum atomic E-state index is 12.1. The highest BCUT2D eigenvalue weighted by Crippen LogP contribution is 2.22. The number of rotatable bonds is 7. The maximum absolute atomic E-state index is 12.1. The predicted octanol–water partition coefficient (Wildman–Crippen LogP) is 0.698. The molecule has 2 N–H and O–H groups in total. The van der Waals surface area contributed by atoms with Gasteiger partial charge in [0.15, 0.2) is 4.90 Å². The number of carbonyl (C=O) groups excluding carboxylic acids is 1. The summed E-state index contributed by atoms with van der Waals surface area (Å²) in [7, 11) is -4.05. The van der Waals surface area contributed by atoms with Crippen molar-refractivity contribution < 1.29 is 18.1 Å². The molecule has 0 saturated heterocycles. The molecular weight excluding hydrogens is 336 g/mol. The first-order valence-corrected chi connectivity index (χ1v) is 8.31. The second kappa shape index (κ2) is 7.62. The Hall–Kier alpha value is -2.85. The number of sulfonamides is 1. The van der Waals surface area contributed by atoms with Crippen molar-refractivity contribution in [2.75, 3.05) is 13.1 Å². The Morgan fingerprint density at radius 2 is 1.92 bits per heavy atom. The summed E-state index contributed by atoms with van der Waals surface area (Å²) in [5, 5.41) is 13.4. The maximum Gasteiger partial charge on any atom is 0.289 e. The van der Waals surface area contributed by atoms with Crippen LogP contribution in [-0.2, 0) is 10.0 Å². The summed E-state index contributed by atoms with van der Waals surface area (Å²) in [6, 6.07) is 8.20. The molecule has 0 radical (unpaired) electrons. The molecule has 0 aliphatic heterocycles. The van der Waals surface area contributed by atoms with E-state index >= 15 is 0 Å². The number of nitrogens with zero attached hydrogens (tertiary/aromatic N) is 2. The molecule has 10 heteroatoms. The number of hydrogen-bond acceptors (Lipinski definition) is 6. The van der Waals surface area contributed by atoms with Gasteiger partial charge in [-0.05, 0) is 18.2 Å². The van der Waals surface area contributed by atoms with Crippen LogP contribution in [0.15, 0.2) is 53.7 Å². The lowest BCUT2D eigenvalue weighted by Crippen LogP contribution is -2.34. The molecule has 9 nitrogen and oxygen atoms in total. The Morgan fingerprint density at radius 1 is 1.17 bits per heavy atom. The van der Waals surface area contributed by atoms with E-state index < -0.39 is 31.4 Å². The molecule has 2 rings (SSSR count). The van der Waals surface area contributed by atoms with Gasteiger partial charge in [-0.3, -0.25) is 19.9 Å². The zero-order valence-corrected chi connectivity index (χ0v) is 13.2. The van der Waals surface area contributed by atoms with E-state index in [-0.39, 0.29) is 13.1 Å². The van der Waals surface area contributed by atoms with Gasteiger partial charge in [-0.15, -0.1) is 0 Å². The summed E-state index contributed by atoms with van der Waals surface area (Å²) in [5.74, 6) is -0.395. The van der Waals surface area contributed by atoms with Crippen LogP contribution in [0.1, 0.15) is 10.4 Å². The topological polar surface area (TPSA) is 131 Å². The number of carbonyl (C=O) groups is 1. The van der Waals surface area contributed by atoms with Gasteiger partial charge in [0, 0.05) is 31.5 Å². The molecule has 0 aliphatic rings. The first-order chi connectivity index (χ1) is 11.4. The highest BCUT2D eigenvalue weighted by atomic mass is 32.2. The van der Waals surface area contributed by atoms with E-state index in [1.807, 2.05) is 0 Å². The summed E-state index contributed by atoms with van der Waals surface area (Å²) in [6.07, 6.45) is 2.91. The minimum atomic E-state index is -4.05. The lowest BCUT2D eigenvalue weighted by Gasteiger charge is -2.08. The van der Waals surface area contributed by atoms with Gasteiger partial charge in [-0.2, -0.15) is 0 Å². The number of hydrogen-bond donors (Lipinski definition) is 2. The number of nitro groups is 1. The Labute approximate surface area is 137 Å². The van der Waals surface area contributed by atoms with Crippen molar-refractivity contribution in [3.8, 4) is 0 Å². The monoisotopic (exact) mass is 350 g/mol. The molecule has 0 bridgehead atoms. The molecular formula is C14H14N4O5S. The summed E-state index contributed by atoms with van der Waals surface area (Å²) in [5.41, 5.74) is -0.163. The van der Waals surface area contributed by atoms with Gasteiger partial charge in [0.2, 0.25) is 10.0 Å². The Morgan fingerprint density at radius 3 is 2.58 bits per heavy atom. The van der Waals surface area contributed by atoms with Crippen LogP contribution < -0.4 is 10.0 Å². The van der Waals surface area contributed by atoms with E-state index in [9.17, 15) is 23.3 Å². The third kappa shape index (κ3) is 4.33. The zero-order valence-electron chi connectivity index (χ0n) is 12.4. The normalized spacial score (nSPS) is 11.0. The number of para-hydroxylation sites is 1. The van der Waals surface area contributed by atoms with Crippen LogP contribution in [0.3, 0.4) is 0 Å². The quantitative estimate of drug-likeness (QED) is 0.429. The number of pyridine rings is 1. The smallest absolute Gasteiger partial charge is 0.289 e. The third-order valence-corrected chi connectivity index (χ3v) is 4.49. The Balaban J connectivity index is 1.94. The molecule has 0 aliphatic carbocycles. The van der Waals surface area contributed by atoms with Gasteiger partial charge < -0.3 is 5.32 Å². The van der Waals surface area contributed by atoms with Crippen molar-refractivity contribution >= 4 is 21.6 Å². The van der Waals surface area contributed by atoms with Gasteiger partial charge in [0.05, 0.1) is 10.5 Å². The summed E-state index contributed by atoms with van der Waals surface area (Å²) < 4.78 is 26.5. The SMILES string of the molecule is O=C(NCCNS(=O)(=O)c1ccccc1[N+](=O)[O-])c1cccnc1. The van der Waals surface area contributed by atoms with Crippen molar-refractivity contribution in [3.63, 3.8) is 0 Å². The van der Waals surface area contributed by atoms with Gasteiger partial charge in [-0.1, -0.05) is 12.1 Å². The third-order valence-electron chi connectivity index (χ3n) is 2.98. The Bertz CT molecular complexity index is 839. The van der Waals surface area contributed by atoms with Crippen LogP contribution in [0.2, 0.25) is 0 Å². The van der Waals surface area contributed by atoms with Crippen molar-refractivity contribution in [1.29, 1.82) is 0 Å². The lowest BCUT2D eigenvalue weighted by atomic mass is 10.3. The van der Waals surface area contributed by atoms with Crippen LogP contribution in [0, 0.1) is 10.1 Å². The largest absolute Gasteiger partial charge is 0.351 e. The second-order valence-corrected chi connectivity index (χ2v) is 6.36. The molecule has 2 aromatic rings. The van der Waals surface area contributed by atoms with E-state index in [0.717, 1.165) is 12.1 Å². The first-order valence-electron chi connectivity index (χ1n) is 6.83. The highest BCUT2D eigenvalue weighted by Gasteiger charge is 2.24. The van der Waals surface area contributed by atoms with E-state index in [4.69, 9.17) is 0 Å². The van der Waals surface area contributed by atoms with Crippen molar-refractivity contribution in [2.24, 2.45) is 0 Å². The minimum absolute atomic E-state index is 0.0214. The highest BCUT2D eigenvalue weighted by molar-refractivity contribution is 7.89. The Kier molecular flexibility index (Phi) is 5.55. The predicted molar refractivity (Wildman–Crippen MR) is 84.9 cm³/mol. The fourth-order valence-corrected chi connectivity index (χ4v) is 3.08. The summed E-state index contributed by atoms with van der Waals surface area (Å²) >= 11 is 0. The van der Waals surface area contributed by atoms with Gasteiger partial charge >= 0.3 is 0 Å². The number of aromatic nitrogens is 1. The number of nitrogens with one attached hydrogen (secondary N) is 2. The van der Waals surface area contributed by atoms with E-state index in [2.05, 4.69) is 15.0 Å². The molecule has 0 spiro atoms. The van der Waals surface area contributed by atoms with Crippen LogP contribution in [0.4, 0.5) is 5.69 Å². The van der Waals surface area contributed by atoms with Crippen LogP contribution in [-0.4, -0.2) is 37.3 Å². The van der Waals surface area contributed by atoms with E-state index in [0.29, 0.717) is 5.56 Å². The summed E-state index contributed by atoms with van der Waals surface area (Å²) in [6.45, 7) is -0.0893. The average Bonchev–Trinajstić information content (AvgIpc) is 2.59. The molecule has 0 atom stereocenters. The molecule has 126 valence electrons. The van der Waals surface area contributed by atoms with Gasteiger partial charge in [-0.25, -0.2) is 13.1 Å². The average molecular weight is 350 g/mol. The van der Waals surface area contributed by atoms with Crippen molar-refractivity contribution in [1.82, 2.24) is 15.0 Å².